The van der Waals surface area contributed by atoms with E-state index >= 15 is 0 Å². The summed E-state index contributed by atoms with van der Waals surface area (Å²) in [6.07, 6.45) is 3.39. The van der Waals surface area contributed by atoms with Crippen LogP contribution >= 0.6 is 0 Å². The van der Waals surface area contributed by atoms with Gasteiger partial charge in [0.05, 0.1) is 30.4 Å². The number of nitrogens with one attached hydrogen (secondary N) is 1. The maximum atomic E-state index is 12.2. The summed E-state index contributed by atoms with van der Waals surface area (Å²) in [5.41, 5.74) is 6.61. The first-order valence-corrected chi connectivity index (χ1v) is 18.2. The molecule has 0 atom stereocenters. The lowest BCUT2D eigenvalue weighted by molar-refractivity contribution is -0.678. The lowest BCUT2D eigenvalue weighted by atomic mass is 10.0. The highest BCUT2D eigenvalue weighted by atomic mass is 32.2. The number of aromatic nitrogens is 1. The molecule has 5 rings (SSSR count). The smallest absolute Gasteiger partial charge is 0.379 e. The SMILES string of the molecule is CCNOS(=O)(=O)CCCC[n+]1c(C=C2Oc3ccc(-c4ccccc4)cc3N2CCCCS(=O)(=O)O)oc2ccc(OC)cc21. The molecule has 0 radical (unpaired) electrons. The standard InChI is InChI=1S/C32H37N3O9S2/c1-3-33-44-46(39,40)20-10-8-18-35-28-22-26(41-2)14-16-30(28)43-32(35)23-31-34(17-7-9-19-45(36,37)38)27-21-25(13-15-29(27)42-31)24-11-5-4-6-12-24/h4-6,11-16,21-23,33H,3,7-10,17-20H2,1-2H3/p+1. The fourth-order valence-electron chi connectivity index (χ4n) is 5.19. The molecule has 0 aliphatic carbocycles. The van der Waals surface area contributed by atoms with Crippen LogP contribution in [0.5, 0.6) is 11.5 Å². The molecule has 0 bridgehead atoms. The molecule has 3 aromatic carbocycles. The number of benzene rings is 3. The van der Waals surface area contributed by atoms with E-state index in [1.54, 1.807) is 26.2 Å². The van der Waals surface area contributed by atoms with Gasteiger partial charge in [0.2, 0.25) is 11.5 Å². The summed E-state index contributed by atoms with van der Waals surface area (Å²) >= 11 is 0. The molecular formula is C32H38N3O9S2+. The number of hydrogen-bond donors (Lipinski definition) is 2. The van der Waals surface area contributed by atoms with Crippen LogP contribution in [0.4, 0.5) is 5.69 Å². The predicted molar refractivity (Wildman–Crippen MR) is 174 cm³/mol. The van der Waals surface area contributed by atoms with E-state index < -0.39 is 20.2 Å². The number of oxazole rings is 1. The summed E-state index contributed by atoms with van der Waals surface area (Å²) in [6.45, 7) is 2.97. The summed E-state index contributed by atoms with van der Waals surface area (Å²) in [6, 6.07) is 21.3. The van der Waals surface area contributed by atoms with Crippen LogP contribution in [0.25, 0.3) is 28.3 Å². The lowest BCUT2D eigenvalue weighted by Gasteiger charge is -2.18. The summed E-state index contributed by atoms with van der Waals surface area (Å²) < 4.78 is 81.0. The van der Waals surface area contributed by atoms with Gasteiger partial charge in [-0.2, -0.15) is 31.2 Å². The molecule has 0 saturated heterocycles. The van der Waals surface area contributed by atoms with Gasteiger partial charge in [-0.3, -0.25) is 4.55 Å². The first-order chi connectivity index (χ1) is 22.1. The van der Waals surface area contributed by atoms with Crippen molar-refractivity contribution in [3.05, 3.63) is 78.5 Å². The number of nitrogens with zero attached hydrogens (tertiary/aromatic N) is 2. The molecule has 14 heteroatoms. The number of hydroxylamine groups is 1. The molecule has 1 aliphatic rings. The number of unbranched alkanes of at least 4 members (excludes halogenated alkanes) is 2. The van der Waals surface area contributed by atoms with Crippen LogP contribution in [0.15, 0.2) is 77.0 Å². The van der Waals surface area contributed by atoms with Crippen molar-refractivity contribution in [2.24, 2.45) is 0 Å². The highest BCUT2D eigenvalue weighted by molar-refractivity contribution is 7.86. The van der Waals surface area contributed by atoms with Crippen LogP contribution in [0.3, 0.4) is 0 Å². The third-order valence-electron chi connectivity index (χ3n) is 7.41. The summed E-state index contributed by atoms with van der Waals surface area (Å²) in [4.78, 5) is 1.97. The molecular weight excluding hydrogens is 634 g/mol. The van der Waals surface area contributed by atoms with Crippen molar-refractivity contribution >= 4 is 43.1 Å². The number of aryl methyl sites for hydroxylation is 1. The minimum atomic E-state index is -4.08. The molecule has 2 N–H and O–H groups in total. The topological polar surface area (TPSA) is 148 Å². The van der Waals surface area contributed by atoms with Gasteiger partial charge in [-0.05, 0) is 54.7 Å². The fourth-order valence-corrected chi connectivity index (χ4v) is 6.70. The number of ether oxygens (including phenoxy) is 2. The van der Waals surface area contributed by atoms with E-state index in [4.69, 9.17) is 18.2 Å². The zero-order valence-electron chi connectivity index (χ0n) is 25.7. The van der Waals surface area contributed by atoms with Crippen molar-refractivity contribution in [2.45, 2.75) is 39.2 Å². The molecule has 0 saturated carbocycles. The Labute approximate surface area is 269 Å². The molecule has 0 spiro atoms. The van der Waals surface area contributed by atoms with E-state index in [2.05, 4.69) is 5.48 Å². The minimum Gasteiger partial charge on any atom is -0.497 e. The maximum absolute atomic E-state index is 12.2. The van der Waals surface area contributed by atoms with E-state index in [1.165, 1.54) is 0 Å². The number of methoxy groups -OCH3 is 1. The summed E-state index contributed by atoms with van der Waals surface area (Å²) in [5.74, 6) is 1.75. The number of hydrogen-bond acceptors (Lipinski definition) is 10. The van der Waals surface area contributed by atoms with E-state index in [9.17, 15) is 21.4 Å². The van der Waals surface area contributed by atoms with Crippen molar-refractivity contribution in [1.29, 1.82) is 0 Å². The molecule has 246 valence electrons. The first-order valence-electron chi connectivity index (χ1n) is 15.0. The Morgan fingerprint density at radius 3 is 2.46 bits per heavy atom. The third-order valence-corrected chi connectivity index (χ3v) is 9.38. The van der Waals surface area contributed by atoms with Gasteiger partial charge >= 0.3 is 5.89 Å². The van der Waals surface area contributed by atoms with Gasteiger partial charge in [0, 0.05) is 19.5 Å². The Kier molecular flexibility index (Phi) is 10.6. The molecule has 4 aromatic rings. The lowest BCUT2D eigenvalue weighted by Crippen LogP contribution is -2.36. The molecule has 0 unspecified atom stereocenters. The van der Waals surface area contributed by atoms with E-state index in [-0.39, 0.29) is 17.9 Å². The molecule has 1 aliphatic heterocycles. The van der Waals surface area contributed by atoms with Gasteiger partial charge in [-0.25, -0.2) is 0 Å². The molecule has 0 fully saturated rings. The molecule has 2 heterocycles. The average molecular weight is 673 g/mol. The molecule has 12 nitrogen and oxygen atoms in total. The van der Waals surface area contributed by atoms with Gasteiger partial charge in [-0.1, -0.05) is 43.3 Å². The van der Waals surface area contributed by atoms with Crippen LogP contribution in [0.2, 0.25) is 0 Å². The van der Waals surface area contributed by atoms with Crippen molar-refractivity contribution in [3.8, 4) is 22.6 Å². The van der Waals surface area contributed by atoms with Gasteiger partial charge in [0.25, 0.3) is 25.8 Å². The minimum absolute atomic E-state index is 0.143. The Balaban J connectivity index is 1.47. The molecule has 0 amide bonds. The van der Waals surface area contributed by atoms with Gasteiger partial charge < -0.3 is 18.8 Å². The Morgan fingerprint density at radius 2 is 1.72 bits per heavy atom. The maximum Gasteiger partial charge on any atom is 0.379 e. The van der Waals surface area contributed by atoms with Crippen molar-refractivity contribution < 1.29 is 44.1 Å². The molecule has 1 aromatic heterocycles. The van der Waals surface area contributed by atoms with Crippen molar-refractivity contribution in [1.82, 2.24) is 5.48 Å². The van der Waals surface area contributed by atoms with Crippen LogP contribution in [-0.2, 0) is 31.1 Å². The summed E-state index contributed by atoms with van der Waals surface area (Å²) in [7, 11) is -6.20. The first kappa shape index (κ1) is 33.4. The quantitative estimate of drug-likeness (QED) is 0.0724. The fraction of sp³-hybridized carbons (Fsp3) is 0.344. The zero-order chi connectivity index (χ0) is 32.7. The van der Waals surface area contributed by atoms with Crippen LogP contribution in [0, 0.1) is 0 Å². The van der Waals surface area contributed by atoms with Crippen molar-refractivity contribution in [2.75, 3.05) is 36.6 Å². The van der Waals surface area contributed by atoms with E-state index in [1.807, 2.05) is 70.1 Å². The van der Waals surface area contributed by atoms with Crippen LogP contribution in [-0.4, -0.2) is 53.1 Å². The zero-order valence-corrected chi connectivity index (χ0v) is 27.3. The largest absolute Gasteiger partial charge is 0.497 e. The van der Waals surface area contributed by atoms with Crippen molar-refractivity contribution in [3.63, 3.8) is 0 Å². The molecule has 46 heavy (non-hydrogen) atoms. The second-order valence-electron chi connectivity index (χ2n) is 10.8. The number of fused-ring (bicyclic) bond motifs is 2. The van der Waals surface area contributed by atoms with E-state index in [0.29, 0.717) is 67.8 Å². The number of rotatable bonds is 16. The Bertz CT molecular complexity index is 1910. The summed E-state index contributed by atoms with van der Waals surface area (Å²) in [5, 5.41) is 0. The van der Waals surface area contributed by atoms with E-state index in [0.717, 1.165) is 22.3 Å². The van der Waals surface area contributed by atoms with Gasteiger partial charge in [0.15, 0.2) is 12.3 Å². The highest BCUT2D eigenvalue weighted by Gasteiger charge is 2.30. The Hall–Kier alpha value is -3.95. The third kappa shape index (κ3) is 8.44. The monoisotopic (exact) mass is 672 g/mol. The Morgan fingerprint density at radius 1 is 0.935 bits per heavy atom. The second kappa shape index (κ2) is 14.6. The van der Waals surface area contributed by atoms with Gasteiger partial charge in [-0.15, -0.1) is 0 Å². The average Bonchev–Trinajstić information content (AvgIpc) is 3.56. The van der Waals surface area contributed by atoms with Crippen LogP contribution < -0.4 is 24.4 Å². The van der Waals surface area contributed by atoms with Gasteiger partial charge in [0.1, 0.15) is 11.8 Å². The normalized spacial score (nSPS) is 14.2. The highest BCUT2D eigenvalue weighted by Crippen LogP contribution is 2.42. The second-order valence-corrected chi connectivity index (χ2v) is 14.0. The predicted octanol–water partition coefficient (Wildman–Crippen LogP) is 4.91. The number of anilines is 1. The van der Waals surface area contributed by atoms with Crippen LogP contribution in [0.1, 0.15) is 38.5 Å².